The Kier molecular flexibility index (Phi) is 5.18. The van der Waals surface area contributed by atoms with E-state index in [2.05, 4.69) is 5.32 Å². The monoisotopic (exact) mass is 412 g/mol. The third kappa shape index (κ3) is 3.86. The zero-order valence-electron chi connectivity index (χ0n) is 15.7. The molecule has 9 heteroatoms. The van der Waals surface area contributed by atoms with Crippen LogP contribution in [0.3, 0.4) is 0 Å². The number of Topliss-reactive ketones (excluding diaryl/α,β-unsaturated/α-hetero) is 1. The van der Waals surface area contributed by atoms with Crippen LogP contribution in [-0.2, 0) is 19.1 Å². The second-order valence-electron chi connectivity index (χ2n) is 6.94. The number of anilines is 2. The van der Waals surface area contributed by atoms with Crippen LogP contribution in [0.25, 0.3) is 0 Å². The lowest BCUT2D eigenvalue weighted by atomic mass is 10.1. The van der Waals surface area contributed by atoms with Gasteiger partial charge >= 0.3 is 5.97 Å². The van der Waals surface area contributed by atoms with Crippen LogP contribution in [-0.4, -0.2) is 43.3 Å². The average Bonchev–Trinajstić information content (AvgIpc) is 3.13. The highest BCUT2D eigenvalue weighted by Gasteiger charge is 2.37. The van der Waals surface area contributed by atoms with Crippen molar-refractivity contribution in [3.05, 3.63) is 53.8 Å². The number of amides is 2. The number of fused-ring (bicyclic) bond motifs is 1. The lowest BCUT2D eigenvalue weighted by Gasteiger charge is -2.18. The normalized spacial score (nSPS) is 17.8. The van der Waals surface area contributed by atoms with Crippen LogP contribution < -0.4 is 15.0 Å². The Balaban J connectivity index is 1.36. The molecule has 1 fully saturated rings. The van der Waals surface area contributed by atoms with Crippen LogP contribution in [0.15, 0.2) is 42.5 Å². The van der Waals surface area contributed by atoms with Crippen molar-refractivity contribution in [1.82, 2.24) is 0 Å². The fourth-order valence-electron chi connectivity index (χ4n) is 3.36. The van der Waals surface area contributed by atoms with E-state index in [4.69, 9.17) is 9.47 Å². The molecule has 4 rings (SSSR count). The van der Waals surface area contributed by atoms with Crippen LogP contribution in [0, 0.1) is 11.7 Å². The molecule has 2 aromatic rings. The SMILES string of the molecule is O=C1COc2ccc(C(=O)COC(=O)[C@H]3CC(=O)N(c4ccccc4F)C3)cc2N1. The number of rotatable bonds is 5. The molecule has 0 radical (unpaired) electrons. The van der Waals surface area contributed by atoms with Gasteiger partial charge < -0.3 is 19.7 Å². The number of benzene rings is 2. The maximum Gasteiger partial charge on any atom is 0.311 e. The fourth-order valence-corrected chi connectivity index (χ4v) is 3.36. The lowest BCUT2D eigenvalue weighted by molar-refractivity contribution is -0.147. The number of nitrogens with one attached hydrogen (secondary N) is 1. The summed E-state index contributed by atoms with van der Waals surface area (Å²) < 4.78 is 24.3. The number of ketones is 1. The first-order chi connectivity index (χ1) is 14.4. The standard InChI is InChI=1S/C21H17FN2O6/c22-14-3-1-2-4-16(14)24-9-13(8-20(24)27)21(28)30-10-17(25)12-5-6-18-15(7-12)23-19(26)11-29-18/h1-7,13H,8-11H2,(H,23,26)/t13-/m0/s1. The van der Waals surface area contributed by atoms with Gasteiger partial charge in [0.2, 0.25) is 5.91 Å². The highest BCUT2D eigenvalue weighted by molar-refractivity contribution is 6.03. The second-order valence-corrected chi connectivity index (χ2v) is 6.94. The first-order valence-corrected chi connectivity index (χ1v) is 9.24. The number of ether oxygens (including phenoxy) is 2. The molecule has 1 N–H and O–H groups in total. The Labute approximate surface area is 170 Å². The molecule has 0 saturated carbocycles. The molecule has 2 aliphatic heterocycles. The molecule has 8 nitrogen and oxygen atoms in total. The van der Waals surface area contributed by atoms with Gasteiger partial charge in [0.25, 0.3) is 5.91 Å². The van der Waals surface area contributed by atoms with Gasteiger partial charge in [0.1, 0.15) is 11.6 Å². The number of carbonyl (C=O) groups excluding carboxylic acids is 4. The first-order valence-electron chi connectivity index (χ1n) is 9.24. The van der Waals surface area contributed by atoms with E-state index in [1.807, 2.05) is 0 Å². The number of carbonyl (C=O) groups is 4. The van der Waals surface area contributed by atoms with Crippen LogP contribution in [0.2, 0.25) is 0 Å². The summed E-state index contributed by atoms with van der Waals surface area (Å²) in [7, 11) is 0. The third-order valence-electron chi connectivity index (χ3n) is 4.88. The molecule has 154 valence electrons. The third-order valence-corrected chi connectivity index (χ3v) is 4.88. The van der Waals surface area contributed by atoms with Gasteiger partial charge in [-0.1, -0.05) is 12.1 Å². The predicted octanol–water partition coefficient (Wildman–Crippen LogP) is 1.94. The van der Waals surface area contributed by atoms with Crippen LogP contribution in [0.1, 0.15) is 16.8 Å². The molecule has 0 unspecified atom stereocenters. The van der Waals surface area contributed by atoms with Crippen molar-refractivity contribution in [3.63, 3.8) is 0 Å². The van der Waals surface area contributed by atoms with Crippen LogP contribution >= 0.6 is 0 Å². The van der Waals surface area contributed by atoms with Gasteiger partial charge in [-0.2, -0.15) is 0 Å². The summed E-state index contributed by atoms with van der Waals surface area (Å²) in [6, 6.07) is 10.3. The molecule has 1 saturated heterocycles. The van der Waals surface area contributed by atoms with Gasteiger partial charge in [-0.25, -0.2) is 4.39 Å². The molecule has 0 aromatic heterocycles. The van der Waals surface area contributed by atoms with Gasteiger partial charge in [0.05, 0.1) is 17.3 Å². The minimum Gasteiger partial charge on any atom is -0.482 e. The van der Waals surface area contributed by atoms with Crippen molar-refractivity contribution in [2.24, 2.45) is 5.92 Å². The largest absolute Gasteiger partial charge is 0.482 e. The van der Waals surface area contributed by atoms with Crippen molar-refractivity contribution < 1.29 is 33.0 Å². The lowest BCUT2D eigenvalue weighted by Crippen LogP contribution is -2.28. The van der Waals surface area contributed by atoms with E-state index in [1.165, 1.54) is 35.2 Å². The fraction of sp³-hybridized carbons (Fsp3) is 0.238. The van der Waals surface area contributed by atoms with Crippen LogP contribution in [0.5, 0.6) is 5.75 Å². The van der Waals surface area contributed by atoms with E-state index < -0.39 is 30.1 Å². The summed E-state index contributed by atoms with van der Waals surface area (Å²) in [5.41, 5.74) is 0.709. The predicted molar refractivity (Wildman–Crippen MR) is 103 cm³/mol. The van der Waals surface area contributed by atoms with Gasteiger partial charge in [0, 0.05) is 18.5 Å². The summed E-state index contributed by atoms with van der Waals surface area (Å²) in [5.74, 6) is -2.80. The highest BCUT2D eigenvalue weighted by atomic mass is 19.1. The summed E-state index contributed by atoms with van der Waals surface area (Å²) in [6.07, 6.45) is -0.121. The zero-order valence-corrected chi connectivity index (χ0v) is 15.7. The van der Waals surface area contributed by atoms with Crippen molar-refractivity contribution in [2.45, 2.75) is 6.42 Å². The Hall–Kier alpha value is -3.75. The minimum atomic E-state index is -0.791. The van der Waals surface area contributed by atoms with Gasteiger partial charge in [-0.05, 0) is 30.3 Å². The molecule has 0 bridgehead atoms. The molecular formula is C21H17FN2O6. The molecule has 2 aromatic carbocycles. The molecule has 1 atom stereocenters. The zero-order chi connectivity index (χ0) is 21.3. The smallest absolute Gasteiger partial charge is 0.311 e. The molecular weight excluding hydrogens is 395 g/mol. The average molecular weight is 412 g/mol. The van der Waals surface area contributed by atoms with E-state index >= 15 is 0 Å². The molecule has 2 heterocycles. The molecule has 0 aliphatic carbocycles. The Morgan fingerprint density at radius 1 is 1.20 bits per heavy atom. The Morgan fingerprint density at radius 2 is 2.00 bits per heavy atom. The number of hydrogen-bond donors (Lipinski definition) is 1. The van der Waals surface area contributed by atoms with E-state index in [1.54, 1.807) is 12.1 Å². The first kappa shape index (κ1) is 19.6. The van der Waals surface area contributed by atoms with Gasteiger partial charge in [-0.15, -0.1) is 0 Å². The van der Waals surface area contributed by atoms with E-state index in [0.29, 0.717) is 11.4 Å². The van der Waals surface area contributed by atoms with E-state index in [9.17, 15) is 23.6 Å². The second kappa shape index (κ2) is 7.94. The van der Waals surface area contributed by atoms with Crippen molar-refractivity contribution in [1.29, 1.82) is 0 Å². The van der Waals surface area contributed by atoms with E-state index in [0.717, 1.165) is 0 Å². The van der Waals surface area contributed by atoms with E-state index in [-0.39, 0.29) is 42.6 Å². The van der Waals surface area contributed by atoms with Crippen molar-refractivity contribution in [2.75, 3.05) is 30.0 Å². The maximum atomic E-state index is 13.9. The summed E-state index contributed by atoms with van der Waals surface area (Å²) >= 11 is 0. The quantitative estimate of drug-likeness (QED) is 0.595. The molecule has 0 spiro atoms. The number of para-hydroxylation sites is 1. The molecule has 2 amide bonds. The number of halogens is 1. The highest BCUT2D eigenvalue weighted by Crippen LogP contribution is 2.29. The molecule has 30 heavy (non-hydrogen) atoms. The topological polar surface area (TPSA) is 102 Å². The number of nitrogens with zero attached hydrogens (tertiary/aromatic N) is 1. The van der Waals surface area contributed by atoms with Gasteiger partial charge in [-0.3, -0.25) is 19.2 Å². The Bertz CT molecular complexity index is 1050. The maximum absolute atomic E-state index is 13.9. The minimum absolute atomic E-state index is 0.0188. The molecule has 2 aliphatic rings. The number of esters is 1. The Morgan fingerprint density at radius 3 is 2.80 bits per heavy atom. The summed E-state index contributed by atoms with van der Waals surface area (Å²) in [6.45, 7) is -0.631. The van der Waals surface area contributed by atoms with Crippen molar-refractivity contribution in [3.8, 4) is 5.75 Å². The van der Waals surface area contributed by atoms with Gasteiger partial charge in [0.15, 0.2) is 19.0 Å². The van der Waals surface area contributed by atoms with Crippen LogP contribution in [0.4, 0.5) is 15.8 Å². The van der Waals surface area contributed by atoms with Crippen molar-refractivity contribution >= 4 is 34.9 Å². The number of hydrogen-bond acceptors (Lipinski definition) is 6. The summed E-state index contributed by atoms with van der Waals surface area (Å²) in [5, 5.41) is 2.60. The summed E-state index contributed by atoms with van der Waals surface area (Å²) in [4.78, 5) is 49.5.